The molecule has 1 heterocycles. The Kier molecular flexibility index (Phi) is 7.59. The minimum Gasteiger partial charge on any atom is -0.418 e. The van der Waals surface area contributed by atoms with E-state index in [0.717, 1.165) is 0 Å². The summed E-state index contributed by atoms with van der Waals surface area (Å²) in [4.78, 5) is 6.00. The van der Waals surface area contributed by atoms with Gasteiger partial charge in [0.25, 0.3) is 0 Å². The van der Waals surface area contributed by atoms with E-state index < -0.39 is 7.25 Å². The van der Waals surface area contributed by atoms with Gasteiger partial charge in [-0.2, -0.15) is 4.98 Å². The fourth-order valence-corrected chi connectivity index (χ4v) is 3.96. The van der Waals surface area contributed by atoms with E-state index >= 15 is 0 Å². The molecular weight excluding hydrogens is 381 g/mol. The molecule has 0 spiro atoms. The molecule has 1 nitrogen and oxygen atoms in total. The van der Waals surface area contributed by atoms with Crippen LogP contribution in [0.15, 0.2) is 92.6 Å². The molecule has 136 valence electrons. The zero-order valence-electron chi connectivity index (χ0n) is 13.8. The number of H-pyrrole nitrogens is 1. The van der Waals surface area contributed by atoms with Crippen LogP contribution in [0.5, 0.6) is 0 Å². The fourth-order valence-electron chi connectivity index (χ4n) is 1.99. The molecule has 1 N–H and O–H groups in total. The molecule has 26 heavy (non-hydrogen) atoms. The van der Waals surface area contributed by atoms with Crippen molar-refractivity contribution in [3.63, 3.8) is 0 Å². The second kappa shape index (κ2) is 9.68. The van der Waals surface area contributed by atoms with Crippen LogP contribution in [0.3, 0.4) is 0 Å². The molecule has 0 bridgehead atoms. The Labute approximate surface area is 158 Å². The first-order valence-corrected chi connectivity index (χ1v) is 9.30. The van der Waals surface area contributed by atoms with Crippen LogP contribution in [0.4, 0.5) is 17.3 Å². The van der Waals surface area contributed by atoms with Gasteiger partial charge in [0.05, 0.1) is 0 Å². The maximum absolute atomic E-state index is 9.75. The normalized spacial score (nSPS) is 10.8. The van der Waals surface area contributed by atoms with Gasteiger partial charge in [0.2, 0.25) is 10.1 Å². The standard InChI is InChI=1S/C18H15NS2.BF4/c1-14-12-17(20-15-8-4-2-5-9-15)19-18(13-14)21-16-10-6-3-7-11-16;2-1(3,4)5/h2-13H,1H3;/q;-1/p+1. The van der Waals surface area contributed by atoms with Crippen molar-refractivity contribution in [1.82, 2.24) is 0 Å². The Morgan fingerprint density at radius 3 is 1.38 bits per heavy atom. The first-order valence-electron chi connectivity index (χ1n) is 7.67. The lowest BCUT2D eigenvalue weighted by atomic mass is 10.3. The van der Waals surface area contributed by atoms with Crippen LogP contribution in [0.25, 0.3) is 0 Å². The van der Waals surface area contributed by atoms with Crippen LogP contribution >= 0.6 is 23.5 Å². The molecule has 3 aromatic rings. The molecule has 0 aliphatic heterocycles. The predicted molar refractivity (Wildman–Crippen MR) is 99.1 cm³/mol. The van der Waals surface area contributed by atoms with Gasteiger partial charge in [-0.3, -0.25) is 0 Å². The summed E-state index contributed by atoms with van der Waals surface area (Å²) in [5, 5.41) is 2.33. The number of hydrogen-bond donors (Lipinski definition) is 0. The molecule has 1 aromatic heterocycles. The van der Waals surface area contributed by atoms with Crippen LogP contribution in [-0.4, -0.2) is 7.25 Å². The van der Waals surface area contributed by atoms with Gasteiger partial charge < -0.3 is 17.3 Å². The predicted octanol–water partition coefficient (Wildman–Crippen LogP) is 6.41. The molecule has 0 aliphatic carbocycles. The number of rotatable bonds is 4. The molecule has 3 rings (SSSR count). The van der Waals surface area contributed by atoms with Crippen LogP contribution in [0, 0.1) is 6.92 Å². The number of halogens is 4. The quantitative estimate of drug-likeness (QED) is 0.373. The molecule has 0 fully saturated rings. The van der Waals surface area contributed by atoms with Crippen LogP contribution in [-0.2, 0) is 0 Å². The second-order valence-corrected chi connectivity index (χ2v) is 7.44. The van der Waals surface area contributed by atoms with E-state index in [1.54, 1.807) is 23.5 Å². The van der Waals surface area contributed by atoms with Gasteiger partial charge in [-0.05, 0) is 60.3 Å². The summed E-state index contributed by atoms with van der Waals surface area (Å²) in [6.45, 7) is 2.14. The van der Waals surface area contributed by atoms with Crippen molar-refractivity contribution >= 4 is 30.8 Å². The largest absolute Gasteiger partial charge is 0.673 e. The summed E-state index contributed by atoms with van der Waals surface area (Å²) < 4.78 is 39.0. The van der Waals surface area contributed by atoms with Crippen molar-refractivity contribution in [2.75, 3.05) is 0 Å². The number of hydrogen-bond acceptors (Lipinski definition) is 2. The highest BCUT2D eigenvalue weighted by atomic mass is 32.2. The molecule has 0 saturated carbocycles. The summed E-state index contributed by atoms with van der Waals surface area (Å²) in [6.07, 6.45) is 0. The maximum atomic E-state index is 9.75. The number of aromatic amines is 1. The Bertz CT molecular complexity index is 749. The van der Waals surface area contributed by atoms with Crippen molar-refractivity contribution < 1.29 is 22.2 Å². The molecule has 0 amide bonds. The highest BCUT2D eigenvalue weighted by Gasteiger charge is 2.20. The summed E-state index contributed by atoms with van der Waals surface area (Å²) in [5.74, 6) is 0. The van der Waals surface area contributed by atoms with Crippen molar-refractivity contribution in [2.24, 2.45) is 0 Å². The topological polar surface area (TPSA) is 14.1 Å². The number of benzene rings is 2. The summed E-state index contributed by atoms with van der Waals surface area (Å²) in [7, 11) is -6.00. The molecule has 2 aromatic carbocycles. The fraction of sp³-hybridized carbons (Fsp3) is 0.0556. The lowest BCUT2D eigenvalue weighted by molar-refractivity contribution is -0.472. The van der Waals surface area contributed by atoms with Gasteiger partial charge in [-0.1, -0.05) is 36.4 Å². The monoisotopic (exact) mass is 397 g/mol. The van der Waals surface area contributed by atoms with Crippen LogP contribution in [0.2, 0.25) is 0 Å². The molecule has 0 radical (unpaired) electrons. The Balaban J connectivity index is 0.000000431. The zero-order valence-corrected chi connectivity index (χ0v) is 15.5. The van der Waals surface area contributed by atoms with Gasteiger partial charge in [0.15, 0.2) is 0 Å². The molecule has 8 heteroatoms. The highest BCUT2D eigenvalue weighted by molar-refractivity contribution is 7.99. The van der Waals surface area contributed by atoms with E-state index in [4.69, 9.17) is 0 Å². The minimum atomic E-state index is -6.00. The lowest BCUT2D eigenvalue weighted by Crippen LogP contribution is -2.09. The van der Waals surface area contributed by atoms with Gasteiger partial charge in [0, 0.05) is 21.9 Å². The zero-order chi connectivity index (χ0) is 19.0. The molecule has 0 aliphatic rings. The first kappa shape index (κ1) is 20.4. The third-order valence-corrected chi connectivity index (χ3v) is 4.80. The van der Waals surface area contributed by atoms with E-state index in [2.05, 4.69) is 72.6 Å². The number of pyridine rings is 1. The van der Waals surface area contributed by atoms with Crippen LogP contribution < -0.4 is 4.98 Å². The Morgan fingerprint density at radius 1 is 0.692 bits per heavy atom. The van der Waals surface area contributed by atoms with E-state index in [-0.39, 0.29) is 0 Å². The van der Waals surface area contributed by atoms with E-state index in [9.17, 15) is 17.3 Å². The maximum Gasteiger partial charge on any atom is 0.673 e. The van der Waals surface area contributed by atoms with Crippen LogP contribution in [0.1, 0.15) is 5.56 Å². The average molecular weight is 397 g/mol. The van der Waals surface area contributed by atoms with Crippen molar-refractivity contribution in [3.05, 3.63) is 78.4 Å². The minimum absolute atomic E-state index is 1.17. The third-order valence-electron chi connectivity index (χ3n) is 2.91. The Morgan fingerprint density at radius 2 is 1.04 bits per heavy atom. The van der Waals surface area contributed by atoms with E-state index in [1.807, 2.05) is 12.1 Å². The SMILES string of the molecule is Cc1cc(Sc2ccccc2)[nH+]c(Sc2ccccc2)c1.F[B-](F)(F)F. The summed E-state index contributed by atoms with van der Waals surface area (Å²) in [5.41, 5.74) is 1.27. The molecule has 0 unspecified atom stereocenters. The molecule has 0 saturated heterocycles. The third kappa shape index (κ3) is 8.44. The molecule has 0 atom stereocenters. The van der Waals surface area contributed by atoms with Gasteiger partial charge in [0.1, 0.15) is 0 Å². The van der Waals surface area contributed by atoms with Crippen molar-refractivity contribution in [3.8, 4) is 0 Å². The average Bonchev–Trinajstić information content (AvgIpc) is 2.54. The molecular formula is C18H16BF4NS2. The van der Waals surface area contributed by atoms with Crippen molar-refractivity contribution in [2.45, 2.75) is 26.8 Å². The van der Waals surface area contributed by atoms with E-state index in [1.165, 1.54) is 25.4 Å². The van der Waals surface area contributed by atoms with Gasteiger partial charge in [-0.25, -0.2) is 0 Å². The lowest BCUT2D eigenvalue weighted by Gasteiger charge is -2.01. The summed E-state index contributed by atoms with van der Waals surface area (Å²) in [6, 6.07) is 25.2. The Hall–Kier alpha value is -1.93. The summed E-state index contributed by atoms with van der Waals surface area (Å²) >= 11 is 3.52. The second-order valence-electron chi connectivity index (χ2n) is 5.21. The van der Waals surface area contributed by atoms with Crippen molar-refractivity contribution in [1.29, 1.82) is 0 Å². The number of aryl methyl sites for hydroxylation is 1. The van der Waals surface area contributed by atoms with E-state index in [0.29, 0.717) is 0 Å². The first-order chi connectivity index (χ1) is 12.3. The number of nitrogens with one attached hydrogen (secondary N) is 1. The smallest absolute Gasteiger partial charge is 0.418 e. The number of aromatic nitrogens is 1. The van der Waals surface area contributed by atoms with Gasteiger partial charge in [-0.15, -0.1) is 0 Å². The highest BCUT2D eigenvalue weighted by Crippen LogP contribution is 2.29. The van der Waals surface area contributed by atoms with Gasteiger partial charge >= 0.3 is 7.25 Å².